The van der Waals surface area contributed by atoms with Gasteiger partial charge in [-0.15, -0.1) is 0 Å². The lowest BCUT2D eigenvalue weighted by Crippen LogP contribution is -2.52. The van der Waals surface area contributed by atoms with Crippen LogP contribution in [0.15, 0.2) is 0 Å². The third-order valence-corrected chi connectivity index (χ3v) is 12.4. The lowest BCUT2D eigenvalue weighted by atomic mass is 9.93. The second-order valence-corrected chi connectivity index (χ2v) is 22.2. The van der Waals surface area contributed by atoms with Gasteiger partial charge in [0.05, 0.1) is 130 Å². The van der Waals surface area contributed by atoms with Crippen LogP contribution in [0.2, 0.25) is 0 Å². The summed E-state index contributed by atoms with van der Waals surface area (Å²) < 4.78 is 87.6. The Morgan fingerprint density at radius 1 is 0.486 bits per heavy atom. The second-order valence-electron chi connectivity index (χ2n) is 22.2. The molecule has 0 radical (unpaired) electrons. The largest absolute Gasteiger partial charge is 0.382 e. The smallest absolute Gasteiger partial charge is 0.146 e. The summed E-state index contributed by atoms with van der Waals surface area (Å²) in [6.45, 7) is 49.3. The van der Waals surface area contributed by atoms with Crippen molar-refractivity contribution in [2.45, 2.75) is 324 Å². The zero-order chi connectivity index (χ0) is 53.2. The fourth-order valence-electron chi connectivity index (χ4n) is 9.74. The van der Waals surface area contributed by atoms with Crippen LogP contribution in [0.1, 0.15) is 172 Å². The van der Waals surface area contributed by atoms with Crippen molar-refractivity contribution in [3.8, 4) is 0 Å². The van der Waals surface area contributed by atoms with Gasteiger partial charge in [-0.25, -0.2) is 0 Å². The first kappa shape index (κ1) is 65.5. The highest BCUT2D eigenvalue weighted by Gasteiger charge is 2.65. The summed E-state index contributed by atoms with van der Waals surface area (Å²) in [5, 5.41) is 0. The summed E-state index contributed by atoms with van der Waals surface area (Å²) in [4.78, 5) is 0. The van der Waals surface area contributed by atoms with Gasteiger partial charge in [-0.2, -0.15) is 0 Å². The predicted molar refractivity (Wildman–Crippen MR) is 275 cm³/mol. The van der Waals surface area contributed by atoms with Gasteiger partial charge >= 0.3 is 0 Å². The molecule has 5 aliphatic heterocycles. The summed E-state index contributed by atoms with van der Waals surface area (Å²) >= 11 is 0. The van der Waals surface area contributed by atoms with Crippen LogP contribution < -0.4 is 0 Å². The summed E-state index contributed by atoms with van der Waals surface area (Å²) in [5.74, 6) is 0. The number of hydrogen-bond donors (Lipinski definition) is 0. The van der Waals surface area contributed by atoms with Gasteiger partial charge in [0.25, 0.3) is 0 Å². The van der Waals surface area contributed by atoms with E-state index in [9.17, 15) is 0 Å². The van der Waals surface area contributed by atoms with Crippen molar-refractivity contribution >= 4 is 0 Å². The SMILES string of the molecule is CC(C)OC[C@]12O[C@@H](C)C(O[C@H]1C)[C@@H]2OC(C)C.CC(C)O[C@@H](C)[C@H]1O[C@@H](C)C[C@@H]1OC(C)C.CC(C)O[C@H]1C[C@H](C)O[C@@H]1[C@@H](C)OC(C)C.COCCO[C@@H]1[C@H](OC(C)C)[C@@H](COC(C)C)O[C@H]1C. The first-order valence-corrected chi connectivity index (χ1v) is 27.2. The van der Waals surface area contributed by atoms with Crippen molar-refractivity contribution in [2.75, 3.05) is 33.5 Å². The summed E-state index contributed by atoms with van der Waals surface area (Å²) in [6, 6.07) is 0. The third kappa shape index (κ3) is 21.9. The van der Waals surface area contributed by atoms with Crippen molar-refractivity contribution in [1.29, 1.82) is 0 Å². The zero-order valence-corrected chi connectivity index (χ0v) is 48.7. The van der Waals surface area contributed by atoms with Gasteiger partial charge < -0.3 is 71.1 Å². The molecule has 0 saturated carbocycles. The number of methoxy groups -OCH3 is 1. The van der Waals surface area contributed by atoms with Crippen LogP contribution in [-0.4, -0.2) is 186 Å². The molecule has 5 heterocycles. The average Bonchev–Trinajstić information content (AvgIpc) is 3.99. The van der Waals surface area contributed by atoms with E-state index in [4.69, 9.17) is 71.1 Å². The Kier molecular flexibility index (Phi) is 30.0. The van der Waals surface area contributed by atoms with Crippen molar-refractivity contribution < 1.29 is 71.1 Å². The van der Waals surface area contributed by atoms with Gasteiger partial charge in [-0.3, -0.25) is 0 Å². The predicted octanol–water partition coefficient (Wildman–Crippen LogP) is 9.72. The highest BCUT2D eigenvalue weighted by atomic mass is 16.7. The van der Waals surface area contributed by atoms with E-state index in [2.05, 4.69) is 55.4 Å². The van der Waals surface area contributed by atoms with Gasteiger partial charge in [0.2, 0.25) is 0 Å². The molecule has 0 N–H and O–H groups in total. The second kappa shape index (κ2) is 32.1. The van der Waals surface area contributed by atoms with Gasteiger partial charge in [-0.05, 0) is 159 Å². The van der Waals surface area contributed by atoms with Gasteiger partial charge in [0.1, 0.15) is 48.3 Å². The highest BCUT2D eigenvalue weighted by Crippen LogP contribution is 2.46. The topological polar surface area (TPSA) is 138 Å². The molecule has 5 rings (SSSR count). The van der Waals surface area contributed by atoms with Crippen LogP contribution in [0.25, 0.3) is 0 Å². The summed E-state index contributed by atoms with van der Waals surface area (Å²) in [6.07, 6.45) is 4.57. The standard InChI is InChI=1S/C15H30O5.C14H26O4.2C13H26O3/c1-10(2)18-9-13-15(19-11(3)4)14(12(5)20-13)17-8-7-16-6;1-8(2)15-7-14-11(6)17-12(10(5)18-14)13(14)16-9(3)4;2*1-8(2)14-11(6)13-12(15-9(3)4)7-10(5)16-13/h10-15H,7-9H2,1-6H3;8-13H,7H2,1-6H3;2*8-13H,7H2,1-6H3/t12-,13+,14-,15+;10-,11-,12?,13-,14-;10-,11+,12-,13+;10-,11-,12-,13+/m0000/s1. The normalized spacial score (nSPS) is 34.8. The molecule has 0 aliphatic carbocycles. The van der Waals surface area contributed by atoms with E-state index in [-0.39, 0.29) is 146 Å². The summed E-state index contributed by atoms with van der Waals surface area (Å²) in [5.41, 5.74) is -0.446. The van der Waals surface area contributed by atoms with Crippen LogP contribution in [0.3, 0.4) is 0 Å². The lowest BCUT2D eigenvalue weighted by molar-refractivity contribution is -0.204. The first-order chi connectivity index (χ1) is 32.6. The first-order valence-electron chi connectivity index (χ1n) is 27.2. The Labute approximate surface area is 427 Å². The Balaban J connectivity index is 0.000000321. The third-order valence-electron chi connectivity index (χ3n) is 12.4. The maximum Gasteiger partial charge on any atom is 0.146 e. The molecule has 418 valence electrons. The van der Waals surface area contributed by atoms with Crippen LogP contribution in [-0.2, 0) is 71.1 Å². The molecule has 15 nitrogen and oxygen atoms in total. The molecule has 15 heteroatoms. The van der Waals surface area contributed by atoms with Gasteiger partial charge in [0, 0.05) is 20.0 Å². The Morgan fingerprint density at radius 2 is 0.957 bits per heavy atom. The maximum absolute atomic E-state index is 6.15. The Bertz CT molecular complexity index is 1310. The van der Waals surface area contributed by atoms with Crippen molar-refractivity contribution in [3.63, 3.8) is 0 Å². The number of fused-ring (bicyclic) bond motifs is 2. The fraction of sp³-hybridized carbons (Fsp3) is 1.00. The zero-order valence-electron chi connectivity index (χ0n) is 48.7. The van der Waals surface area contributed by atoms with Crippen molar-refractivity contribution in [3.05, 3.63) is 0 Å². The van der Waals surface area contributed by atoms with Crippen LogP contribution in [0, 0.1) is 0 Å². The average molecular weight is 1010 g/mol. The monoisotopic (exact) mass is 1010 g/mol. The van der Waals surface area contributed by atoms with E-state index in [1.807, 2.05) is 104 Å². The molecule has 1 unspecified atom stereocenters. The molecule has 0 aromatic rings. The number of hydrogen-bond acceptors (Lipinski definition) is 15. The minimum Gasteiger partial charge on any atom is -0.382 e. The van der Waals surface area contributed by atoms with Gasteiger partial charge in [0.15, 0.2) is 0 Å². The van der Waals surface area contributed by atoms with Crippen LogP contribution >= 0.6 is 0 Å². The highest BCUT2D eigenvalue weighted by molar-refractivity contribution is 5.12. The molecule has 70 heavy (non-hydrogen) atoms. The van der Waals surface area contributed by atoms with Crippen LogP contribution in [0.5, 0.6) is 0 Å². The lowest BCUT2D eigenvalue weighted by Gasteiger charge is -2.36. The van der Waals surface area contributed by atoms with E-state index in [0.717, 1.165) is 12.8 Å². The maximum atomic E-state index is 6.15. The van der Waals surface area contributed by atoms with Gasteiger partial charge in [-0.1, -0.05) is 0 Å². The molecule has 0 amide bonds. The minimum atomic E-state index is -0.446. The van der Waals surface area contributed by atoms with E-state index >= 15 is 0 Å². The molecule has 5 saturated heterocycles. The summed E-state index contributed by atoms with van der Waals surface area (Å²) in [7, 11) is 1.67. The molecule has 5 fully saturated rings. The van der Waals surface area contributed by atoms with Crippen molar-refractivity contribution in [2.24, 2.45) is 0 Å². The number of ether oxygens (including phenoxy) is 15. The molecule has 2 bridgehead atoms. The molecule has 0 aromatic carbocycles. The van der Waals surface area contributed by atoms with E-state index in [1.54, 1.807) is 7.11 Å². The van der Waals surface area contributed by atoms with E-state index < -0.39 is 5.60 Å². The molecular weight excluding hydrogens is 901 g/mol. The minimum absolute atomic E-state index is 0.00336. The Morgan fingerprint density at radius 3 is 1.37 bits per heavy atom. The quantitative estimate of drug-likeness (QED) is 0.0848. The van der Waals surface area contributed by atoms with Crippen molar-refractivity contribution in [1.82, 2.24) is 0 Å². The molecular formula is C55H108O15. The molecule has 17 atom stereocenters. The molecule has 0 aromatic heterocycles. The van der Waals surface area contributed by atoms with E-state index in [0.29, 0.717) is 26.4 Å². The molecule has 5 aliphatic rings. The number of rotatable bonds is 24. The molecule has 0 spiro atoms. The van der Waals surface area contributed by atoms with Crippen LogP contribution in [0.4, 0.5) is 0 Å². The fourth-order valence-corrected chi connectivity index (χ4v) is 9.74. The van der Waals surface area contributed by atoms with E-state index in [1.165, 1.54) is 0 Å². The Hall–Kier alpha value is -0.600.